The lowest BCUT2D eigenvalue weighted by Gasteiger charge is -2.19. The molecule has 3 nitrogen and oxygen atoms in total. The predicted molar refractivity (Wildman–Crippen MR) is 69.3 cm³/mol. The number of hydrogen-bond acceptors (Lipinski definition) is 3. The Morgan fingerprint density at radius 3 is 3.00 bits per heavy atom. The van der Waals surface area contributed by atoms with E-state index in [-0.39, 0.29) is 0 Å². The van der Waals surface area contributed by atoms with Gasteiger partial charge in [0.05, 0.1) is 6.61 Å². The molecule has 1 aromatic carbocycles. The van der Waals surface area contributed by atoms with Crippen LogP contribution in [-0.2, 0) is 11.3 Å². The van der Waals surface area contributed by atoms with Gasteiger partial charge in [-0.25, -0.2) is 0 Å². The van der Waals surface area contributed by atoms with Crippen LogP contribution in [0.25, 0.3) is 0 Å². The molecule has 0 atom stereocenters. The average Bonchev–Trinajstić information content (AvgIpc) is 2.52. The maximum atomic E-state index is 5.87. The fraction of sp³-hybridized carbons (Fsp3) is 0.500. The van der Waals surface area contributed by atoms with Crippen LogP contribution in [0.4, 0.5) is 5.69 Å². The van der Waals surface area contributed by atoms with Crippen LogP contribution in [0.2, 0.25) is 0 Å². The first-order chi connectivity index (χ1) is 7.75. The number of halogens is 1. The average molecular weight is 285 g/mol. The van der Waals surface area contributed by atoms with Crippen LogP contribution < -0.4 is 5.73 Å². The van der Waals surface area contributed by atoms with Crippen LogP contribution in [0.5, 0.6) is 0 Å². The quantitative estimate of drug-likeness (QED) is 0.847. The van der Waals surface area contributed by atoms with Crippen molar-refractivity contribution in [1.82, 2.24) is 4.90 Å². The molecule has 4 heteroatoms. The smallest absolute Gasteiger partial charge is 0.0593 e. The van der Waals surface area contributed by atoms with Crippen LogP contribution in [0, 0.1) is 0 Å². The van der Waals surface area contributed by atoms with E-state index in [1.807, 2.05) is 12.1 Å². The molecule has 1 aliphatic rings. The van der Waals surface area contributed by atoms with E-state index in [4.69, 9.17) is 10.5 Å². The third-order valence-corrected chi connectivity index (χ3v) is 3.50. The van der Waals surface area contributed by atoms with Gasteiger partial charge in [-0.1, -0.05) is 6.07 Å². The summed E-state index contributed by atoms with van der Waals surface area (Å²) in [5.41, 5.74) is 7.94. The molecule has 1 saturated heterocycles. The molecule has 1 heterocycles. The maximum absolute atomic E-state index is 5.87. The van der Waals surface area contributed by atoms with Crippen LogP contribution in [-0.4, -0.2) is 31.2 Å². The van der Waals surface area contributed by atoms with Crippen molar-refractivity contribution in [3.05, 3.63) is 28.2 Å². The summed E-state index contributed by atoms with van der Waals surface area (Å²) in [4.78, 5) is 2.41. The molecule has 0 bridgehead atoms. The summed E-state index contributed by atoms with van der Waals surface area (Å²) < 4.78 is 6.40. The van der Waals surface area contributed by atoms with Crippen LogP contribution in [0.15, 0.2) is 22.7 Å². The Morgan fingerprint density at radius 2 is 2.19 bits per heavy atom. The van der Waals surface area contributed by atoms with Crippen molar-refractivity contribution >= 4 is 21.6 Å². The Morgan fingerprint density at radius 1 is 1.31 bits per heavy atom. The number of nitrogens with two attached hydrogens (primary N) is 1. The monoisotopic (exact) mass is 284 g/mol. The van der Waals surface area contributed by atoms with Gasteiger partial charge in [-0.15, -0.1) is 0 Å². The highest BCUT2D eigenvalue weighted by atomic mass is 79.9. The summed E-state index contributed by atoms with van der Waals surface area (Å²) in [7, 11) is 0. The second kappa shape index (κ2) is 5.66. The molecule has 0 unspecified atom stereocenters. The van der Waals surface area contributed by atoms with E-state index in [0.29, 0.717) is 0 Å². The Hall–Kier alpha value is -0.580. The summed E-state index contributed by atoms with van der Waals surface area (Å²) >= 11 is 3.41. The first kappa shape index (κ1) is 11.9. The second-order valence-corrected chi connectivity index (χ2v) is 4.95. The zero-order valence-corrected chi connectivity index (χ0v) is 10.9. The third kappa shape index (κ3) is 3.20. The van der Waals surface area contributed by atoms with Crippen molar-refractivity contribution in [3.63, 3.8) is 0 Å². The van der Waals surface area contributed by atoms with Gasteiger partial charge in [0.1, 0.15) is 0 Å². The molecule has 1 aromatic rings. The summed E-state index contributed by atoms with van der Waals surface area (Å²) in [5.74, 6) is 0. The Labute approximate surface area is 105 Å². The molecule has 1 fully saturated rings. The Balaban J connectivity index is 1.99. The summed E-state index contributed by atoms with van der Waals surface area (Å²) in [6, 6.07) is 6.17. The molecule has 88 valence electrons. The number of rotatable bonds is 2. The molecule has 16 heavy (non-hydrogen) atoms. The van der Waals surface area contributed by atoms with Crippen molar-refractivity contribution in [2.45, 2.75) is 13.0 Å². The standard InChI is InChI=1S/C12H17BrN2O/c13-11-3-2-10(8-12(11)14)9-15-4-1-6-16-7-5-15/h2-3,8H,1,4-7,9,14H2. The first-order valence-electron chi connectivity index (χ1n) is 5.60. The summed E-state index contributed by atoms with van der Waals surface area (Å²) in [6.45, 7) is 4.80. The molecule has 2 N–H and O–H groups in total. The Bertz CT molecular complexity index is 349. The molecule has 0 radical (unpaired) electrons. The number of anilines is 1. The molecule has 0 aliphatic carbocycles. The lowest BCUT2D eigenvalue weighted by Crippen LogP contribution is -2.25. The molecule has 2 rings (SSSR count). The van der Waals surface area contributed by atoms with Gasteiger partial charge in [-0.05, 0) is 40.0 Å². The fourth-order valence-corrected chi connectivity index (χ4v) is 2.15. The molecule has 0 saturated carbocycles. The van der Waals surface area contributed by atoms with Crippen LogP contribution in [0.3, 0.4) is 0 Å². The zero-order chi connectivity index (χ0) is 11.4. The van der Waals surface area contributed by atoms with Gasteiger partial charge in [0.25, 0.3) is 0 Å². The van der Waals surface area contributed by atoms with Gasteiger partial charge in [-0.3, -0.25) is 4.90 Å². The van der Waals surface area contributed by atoms with Gasteiger partial charge in [-0.2, -0.15) is 0 Å². The van der Waals surface area contributed by atoms with E-state index in [9.17, 15) is 0 Å². The third-order valence-electron chi connectivity index (χ3n) is 2.78. The number of hydrogen-bond donors (Lipinski definition) is 1. The normalized spacial score (nSPS) is 18.3. The van der Waals surface area contributed by atoms with Crippen LogP contribution >= 0.6 is 15.9 Å². The minimum atomic E-state index is 0.809. The number of ether oxygens (including phenoxy) is 1. The van der Waals surface area contributed by atoms with Crippen molar-refractivity contribution in [2.75, 3.05) is 32.0 Å². The highest BCUT2D eigenvalue weighted by Crippen LogP contribution is 2.21. The van der Waals surface area contributed by atoms with Crippen molar-refractivity contribution in [2.24, 2.45) is 0 Å². The number of nitrogens with zero attached hydrogens (tertiary/aromatic N) is 1. The lowest BCUT2D eigenvalue weighted by atomic mass is 10.2. The van der Waals surface area contributed by atoms with Crippen LogP contribution in [0.1, 0.15) is 12.0 Å². The molecule has 0 amide bonds. The molecule has 1 aliphatic heterocycles. The molecule has 0 aromatic heterocycles. The van der Waals surface area contributed by atoms with E-state index in [1.165, 1.54) is 5.56 Å². The first-order valence-corrected chi connectivity index (χ1v) is 6.39. The van der Waals surface area contributed by atoms with E-state index < -0.39 is 0 Å². The second-order valence-electron chi connectivity index (χ2n) is 4.10. The SMILES string of the molecule is Nc1cc(CN2CCCOCC2)ccc1Br. The maximum Gasteiger partial charge on any atom is 0.0593 e. The van der Waals surface area contributed by atoms with Gasteiger partial charge < -0.3 is 10.5 Å². The highest BCUT2D eigenvalue weighted by molar-refractivity contribution is 9.10. The Kier molecular flexibility index (Phi) is 4.21. The van der Waals surface area contributed by atoms with E-state index in [1.54, 1.807) is 0 Å². The fourth-order valence-electron chi connectivity index (χ4n) is 1.91. The van der Waals surface area contributed by atoms with E-state index in [0.717, 1.165) is 49.4 Å². The van der Waals surface area contributed by atoms with Crippen molar-refractivity contribution in [1.29, 1.82) is 0 Å². The van der Waals surface area contributed by atoms with Crippen molar-refractivity contribution in [3.8, 4) is 0 Å². The van der Waals surface area contributed by atoms with Gasteiger partial charge >= 0.3 is 0 Å². The van der Waals surface area contributed by atoms with E-state index in [2.05, 4.69) is 26.9 Å². The van der Waals surface area contributed by atoms with Gasteiger partial charge in [0.2, 0.25) is 0 Å². The van der Waals surface area contributed by atoms with Gasteiger partial charge in [0, 0.05) is 36.4 Å². The van der Waals surface area contributed by atoms with E-state index >= 15 is 0 Å². The number of benzene rings is 1. The molecular weight excluding hydrogens is 268 g/mol. The largest absolute Gasteiger partial charge is 0.398 e. The highest BCUT2D eigenvalue weighted by Gasteiger charge is 2.09. The molecule has 0 spiro atoms. The predicted octanol–water partition coefficient (Wildman–Crippen LogP) is 2.25. The summed E-state index contributed by atoms with van der Waals surface area (Å²) in [5, 5.41) is 0. The minimum absolute atomic E-state index is 0.809. The zero-order valence-electron chi connectivity index (χ0n) is 9.29. The number of nitrogen functional groups attached to an aromatic ring is 1. The lowest BCUT2D eigenvalue weighted by molar-refractivity contribution is 0.140. The topological polar surface area (TPSA) is 38.5 Å². The van der Waals surface area contributed by atoms with Crippen molar-refractivity contribution < 1.29 is 4.74 Å². The molecular formula is C12H17BrN2O. The van der Waals surface area contributed by atoms with Gasteiger partial charge in [0.15, 0.2) is 0 Å². The minimum Gasteiger partial charge on any atom is -0.398 e. The summed E-state index contributed by atoms with van der Waals surface area (Å²) in [6.07, 6.45) is 1.12.